The summed E-state index contributed by atoms with van der Waals surface area (Å²) in [5.41, 5.74) is 3.64. The van der Waals surface area contributed by atoms with Crippen molar-refractivity contribution >= 4 is 34.7 Å². The van der Waals surface area contributed by atoms with E-state index in [2.05, 4.69) is 21.3 Å². The summed E-state index contributed by atoms with van der Waals surface area (Å²) in [5.74, 6) is -0.0928. The van der Waals surface area contributed by atoms with Crippen LogP contribution in [-0.4, -0.2) is 42.1 Å². The predicted octanol–water partition coefficient (Wildman–Crippen LogP) is 4.69. The van der Waals surface area contributed by atoms with Crippen LogP contribution in [0.1, 0.15) is 21.6 Å². The molecule has 1 aliphatic rings. The van der Waals surface area contributed by atoms with Crippen molar-refractivity contribution in [2.75, 3.05) is 31.6 Å². The second-order valence-electron chi connectivity index (χ2n) is 6.92. The zero-order valence-electron chi connectivity index (χ0n) is 16.3. The summed E-state index contributed by atoms with van der Waals surface area (Å²) in [5, 5.41) is 5.04. The van der Waals surface area contributed by atoms with Crippen LogP contribution in [-0.2, 0) is 11.3 Å². The Labute approximate surface area is 179 Å². The van der Waals surface area contributed by atoms with Crippen molar-refractivity contribution in [1.29, 1.82) is 0 Å². The Kier molecular flexibility index (Phi) is 6.61. The van der Waals surface area contributed by atoms with Crippen molar-refractivity contribution in [1.82, 2.24) is 9.88 Å². The molecule has 4 rings (SSSR count). The lowest BCUT2D eigenvalue weighted by Gasteiger charge is -2.26. The van der Waals surface area contributed by atoms with E-state index in [9.17, 15) is 4.79 Å². The first-order valence-electron chi connectivity index (χ1n) is 9.56. The molecule has 2 aromatic carbocycles. The standard InChI is InChI=1S/C22H23N3O2S2/c1-16-15-28-22(23-16)29-20-7-5-19(6-8-20)24-21(26)18-4-2-3-17(13-18)14-25-9-11-27-12-10-25/h2-8,13,15H,9-12,14H2,1H3,(H,24,26). The van der Waals surface area contributed by atoms with Crippen molar-refractivity contribution in [2.24, 2.45) is 0 Å². The molecule has 0 atom stereocenters. The van der Waals surface area contributed by atoms with Crippen LogP contribution in [0.15, 0.2) is 63.1 Å². The van der Waals surface area contributed by atoms with Crippen LogP contribution in [0, 0.1) is 6.92 Å². The van der Waals surface area contributed by atoms with Gasteiger partial charge in [-0.25, -0.2) is 4.98 Å². The molecule has 29 heavy (non-hydrogen) atoms. The molecule has 7 heteroatoms. The SMILES string of the molecule is Cc1csc(Sc2ccc(NC(=O)c3cccc(CN4CCOCC4)c3)cc2)n1. The van der Waals surface area contributed by atoms with Crippen LogP contribution in [0.25, 0.3) is 0 Å². The third-order valence-corrected chi connectivity index (χ3v) is 6.68. The predicted molar refractivity (Wildman–Crippen MR) is 118 cm³/mol. The molecular formula is C22H23N3O2S2. The molecular weight excluding hydrogens is 402 g/mol. The van der Waals surface area contributed by atoms with E-state index in [1.54, 1.807) is 23.1 Å². The highest BCUT2D eigenvalue weighted by Crippen LogP contribution is 2.30. The summed E-state index contributed by atoms with van der Waals surface area (Å²) in [6.45, 7) is 6.25. The van der Waals surface area contributed by atoms with Gasteiger partial charge in [-0.3, -0.25) is 9.69 Å². The van der Waals surface area contributed by atoms with Gasteiger partial charge in [0.25, 0.3) is 5.91 Å². The molecule has 0 bridgehead atoms. The molecule has 2 heterocycles. The molecule has 1 N–H and O–H groups in total. The summed E-state index contributed by atoms with van der Waals surface area (Å²) in [6, 6.07) is 15.7. The number of aromatic nitrogens is 1. The fourth-order valence-electron chi connectivity index (χ4n) is 3.12. The first kappa shape index (κ1) is 20.1. The van der Waals surface area contributed by atoms with Crippen LogP contribution in [0.2, 0.25) is 0 Å². The molecule has 1 saturated heterocycles. The molecule has 3 aromatic rings. The summed E-state index contributed by atoms with van der Waals surface area (Å²) >= 11 is 3.27. The van der Waals surface area contributed by atoms with Crippen molar-refractivity contribution < 1.29 is 9.53 Å². The minimum atomic E-state index is -0.0928. The van der Waals surface area contributed by atoms with E-state index in [0.717, 1.165) is 59.0 Å². The molecule has 1 aromatic heterocycles. The number of rotatable bonds is 6. The average molecular weight is 426 g/mol. The second-order valence-corrected chi connectivity index (χ2v) is 9.10. The van der Waals surface area contributed by atoms with Gasteiger partial charge in [0.15, 0.2) is 4.34 Å². The van der Waals surface area contributed by atoms with Gasteiger partial charge < -0.3 is 10.1 Å². The lowest BCUT2D eigenvalue weighted by Crippen LogP contribution is -2.35. The van der Waals surface area contributed by atoms with E-state index in [-0.39, 0.29) is 5.91 Å². The maximum Gasteiger partial charge on any atom is 0.255 e. The number of carbonyl (C=O) groups is 1. The minimum absolute atomic E-state index is 0.0928. The molecule has 0 saturated carbocycles. The zero-order valence-corrected chi connectivity index (χ0v) is 17.9. The number of ether oxygens (including phenoxy) is 1. The average Bonchev–Trinajstić information content (AvgIpc) is 3.15. The Balaban J connectivity index is 1.36. The molecule has 0 spiro atoms. The van der Waals surface area contributed by atoms with Crippen molar-refractivity contribution in [3.8, 4) is 0 Å². The van der Waals surface area contributed by atoms with Crippen molar-refractivity contribution in [3.63, 3.8) is 0 Å². The second kappa shape index (κ2) is 9.54. The van der Waals surface area contributed by atoms with E-state index in [0.29, 0.717) is 5.56 Å². The van der Waals surface area contributed by atoms with Crippen molar-refractivity contribution in [3.05, 3.63) is 70.7 Å². The van der Waals surface area contributed by atoms with Gasteiger partial charge in [-0.15, -0.1) is 11.3 Å². The fraction of sp³-hybridized carbons (Fsp3) is 0.273. The summed E-state index contributed by atoms with van der Waals surface area (Å²) in [6.07, 6.45) is 0. The molecule has 5 nitrogen and oxygen atoms in total. The van der Waals surface area contributed by atoms with Crippen LogP contribution in [0.4, 0.5) is 5.69 Å². The molecule has 1 aliphatic heterocycles. The number of benzene rings is 2. The monoisotopic (exact) mass is 425 g/mol. The van der Waals surface area contributed by atoms with Gasteiger partial charge in [0.1, 0.15) is 0 Å². The third kappa shape index (κ3) is 5.67. The normalized spacial score (nSPS) is 14.7. The Hall–Kier alpha value is -2.19. The number of carbonyl (C=O) groups excluding carboxylic acids is 1. The van der Waals surface area contributed by atoms with Gasteiger partial charge in [0.05, 0.1) is 13.2 Å². The molecule has 0 unspecified atom stereocenters. The molecule has 150 valence electrons. The van der Waals surface area contributed by atoms with Crippen LogP contribution >= 0.6 is 23.1 Å². The maximum absolute atomic E-state index is 12.7. The van der Waals surface area contributed by atoms with Gasteiger partial charge in [0.2, 0.25) is 0 Å². The highest BCUT2D eigenvalue weighted by molar-refractivity contribution is 8.01. The summed E-state index contributed by atoms with van der Waals surface area (Å²) in [4.78, 5) is 20.6. The number of hydrogen-bond donors (Lipinski definition) is 1. The van der Waals surface area contributed by atoms with Gasteiger partial charge in [-0.1, -0.05) is 23.9 Å². The largest absolute Gasteiger partial charge is 0.379 e. The van der Waals surface area contributed by atoms with E-state index in [1.165, 1.54) is 0 Å². The first-order valence-corrected chi connectivity index (χ1v) is 11.3. The fourth-order valence-corrected chi connectivity index (χ4v) is 4.93. The first-order chi connectivity index (χ1) is 14.2. The number of anilines is 1. The Morgan fingerprint density at radius 1 is 1.21 bits per heavy atom. The quantitative estimate of drug-likeness (QED) is 0.621. The number of aryl methyl sites for hydroxylation is 1. The highest BCUT2D eigenvalue weighted by Gasteiger charge is 2.12. The Bertz CT molecular complexity index is 966. The minimum Gasteiger partial charge on any atom is -0.379 e. The van der Waals surface area contributed by atoms with Gasteiger partial charge in [-0.2, -0.15) is 0 Å². The number of nitrogens with one attached hydrogen (secondary N) is 1. The Morgan fingerprint density at radius 3 is 2.72 bits per heavy atom. The summed E-state index contributed by atoms with van der Waals surface area (Å²) in [7, 11) is 0. The molecule has 0 radical (unpaired) electrons. The van der Waals surface area contributed by atoms with E-state index in [4.69, 9.17) is 4.74 Å². The zero-order chi connectivity index (χ0) is 20.1. The van der Waals surface area contributed by atoms with Crippen molar-refractivity contribution in [2.45, 2.75) is 22.7 Å². The topological polar surface area (TPSA) is 54.5 Å². The Morgan fingerprint density at radius 2 is 2.00 bits per heavy atom. The maximum atomic E-state index is 12.7. The molecule has 1 amide bonds. The molecule has 0 aliphatic carbocycles. The lowest BCUT2D eigenvalue weighted by atomic mass is 10.1. The van der Waals surface area contributed by atoms with E-state index in [1.807, 2.05) is 54.8 Å². The number of nitrogens with zero attached hydrogens (tertiary/aromatic N) is 2. The van der Waals surface area contributed by atoms with Crippen LogP contribution in [0.3, 0.4) is 0 Å². The number of hydrogen-bond acceptors (Lipinski definition) is 6. The van der Waals surface area contributed by atoms with Gasteiger partial charge in [-0.05, 0) is 48.9 Å². The lowest BCUT2D eigenvalue weighted by molar-refractivity contribution is 0.0342. The van der Waals surface area contributed by atoms with E-state index >= 15 is 0 Å². The number of thiazole rings is 1. The number of amides is 1. The third-order valence-electron chi connectivity index (χ3n) is 4.61. The van der Waals surface area contributed by atoms with Crippen LogP contribution < -0.4 is 5.32 Å². The van der Waals surface area contributed by atoms with Crippen LogP contribution in [0.5, 0.6) is 0 Å². The number of morpholine rings is 1. The highest BCUT2D eigenvalue weighted by atomic mass is 32.2. The van der Waals surface area contributed by atoms with Gasteiger partial charge in [0, 0.05) is 46.9 Å². The molecule has 1 fully saturated rings. The smallest absolute Gasteiger partial charge is 0.255 e. The van der Waals surface area contributed by atoms with E-state index < -0.39 is 0 Å². The summed E-state index contributed by atoms with van der Waals surface area (Å²) < 4.78 is 6.42. The van der Waals surface area contributed by atoms with Gasteiger partial charge >= 0.3 is 0 Å².